The summed E-state index contributed by atoms with van der Waals surface area (Å²) in [6, 6.07) is 7.84. The first kappa shape index (κ1) is 34.2. The van der Waals surface area contributed by atoms with Gasteiger partial charge in [0, 0.05) is 36.2 Å². The minimum atomic E-state index is -1.13. The van der Waals surface area contributed by atoms with Crippen LogP contribution in [0.4, 0.5) is 4.39 Å². The van der Waals surface area contributed by atoms with Crippen molar-refractivity contribution >= 4 is 23.4 Å². The van der Waals surface area contributed by atoms with Crippen molar-refractivity contribution in [3.05, 3.63) is 91.1 Å². The second-order valence-corrected chi connectivity index (χ2v) is 12.9. The maximum atomic E-state index is 15.8. The zero-order valence-corrected chi connectivity index (χ0v) is 27.3. The van der Waals surface area contributed by atoms with Gasteiger partial charge in [-0.25, -0.2) is 4.39 Å². The Kier molecular flexibility index (Phi) is 11.5. The average molecular weight is 611 g/mol. The molecule has 3 aromatic rings. The normalized spacial score (nSPS) is 13.0. The average Bonchev–Trinajstić information content (AvgIpc) is 2.87. The molecule has 0 amide bonds. The summed E-state index contributed by atoms with van der Waals surface area (Å²) in [4.78, 5) is 41.4. The van der Waals surface area contributed by atoms with Gasteiger partial charge in [0.2, 0.25) is 0 Å². The SMILES string of the molecule is Cc1cc(=O)n(C(CC(C)C)C(=O)C[C@@H](CC(=O)O)c2cc(-c3c(C)cc(Cl)cc3C)cc(C)c2F)cc1CCN(C)C. The van der Waals surface area contributed by atoms with E-state index in [-0.39, 0.29) is 29.2 Å². The van der Waals surface area contributed by atoms with Crippen LogP contribution < -0.4 is 5.56 Å². The maximum absolute atomic E-state index is 15.8. The summed E-state index contributed by atoms with van der Waals surface area (Å²) in [6.07, 6.45) is 2.25. The first-order valence-electron chi connectivity index (χ1n) is 14.8. The Morgan fingerprint density at radius 1 is 0.953 bits per heavy atom. The molecule has 0 aliphatic heterocycles. The van der Waals surface area contributed by atoms with Gasteiger partial charge in [-0.1, -0.05) is 25.4 Å². The van der Waals surface area contributed by atoms with E-state index in [1.807, 2.05) is 60.8 Å². The molecule has 232 valence electrons. The van der Waals surface area contributed by atoms with Crippen LogP contribution >= 0.6 is 11.6 Å². The highest BCUT2D eigenvalue weighted by Gasteiger charge is 2.30. The van der Waals surface area contributed by atoms with Gasteiger partial charge in [-0.15, -0.1) is 0 Å². The number of Topliss-reactive ketones (excluding diaryl/α,β-unsaturated/α-hetero) is 1. The number of ketones is 1. The number of likely N-dealkylation sites (N-methyl/N-ethyl adjacent to an activating group) is 1. The standard InChI is InChI=1S/C35H44ClFN2O4/c1-20(2)11-30(39-19-25(9-10-38(7)8)21(3)15-32(39)41)31(40)17-26(18-33(42)43)29-16-27(12-24(6)35(29)37)34-22(4)13-28(36)14-23(34)5/h12-16,19-20,26,30H,9-11,17-18H2,1-8H3,(H,42,43)/t26-,30?/m0/s1. The first-order chi connectivity index (χ1) is 20.1. The molecule has 0 spiro atoms. The predicted octanol–water partition coefficient (Wildman–Crippen LogP) is 7.45. The van der Waals surface area contributed by atoms with Gasteiger partial charge in [0.05, 0.1) is 12.5 Å². The number of carboxylic acids is 1. The largest absolute Gasteiger partial charge is 0.481 e. The van der Waals surface area contributed by atoms with Crippen molar-refractivity contribution in [2.24, 2.45) is 5.92 Å². The van der Waals surface area contributed by atoms with Crippen LogP contribution in [0.2, 0.25) is 5.02 Å². The topological polar surface area (TPSA) is 79.6 Å². The van der Waals surface area contributed by atoms with E-state index in [4.69, 9.17) is 11.6 Å². The van der Waals surface area contributed by atoms with Crippen LogP contribution in [0, 0.1) is 39.4 Å². The van der Waals surface area contributed by atoms with Gasteiger partial charge in [0.1, 0.15) is 5.82 Å². The lowest BCUT2D eigenvalue weighted by atomic mass is 9.84. The van der Waals surface area contributed by atoms with Crippen molar-refractivity contribution < 1.29 is 19.1 Å². The van der Waals surface area contributed by atoms with Crippen LogP contribution in [0.1, 0.15) is 78.5 Å². The molecule has 0 aliphatic rings. The lowest BCUT2D eigenvalue weighted by Gasteiger charge is -2.25. The summed E-state index contributed by atoms with van der Waals surface area (Å²) in [7, 11) is 3.95. The Labute approximate surface area is 259 Å². The molecular weight excluding hydrogens is 567 g/mol. The lowest BCUT2D eigenvalue weighted by molar-refractivity contribution is -0.137. The Bertz CT molecular complexity index is 1540. The van der Waals surface area contributed by atoms with Crippen molar-refractivity contribution in [1.82, 2.24) is 9.47 Å². The zero-order valence-electron chi connectivity index (χ0n) is 26.6. The fourth-order valence-corrected chi connectivity index (χ4v) is 6.20. The smallest absolute Gasteiger partial charge is 0.303 e. The van der Waals surface area contributed by atoms with Crippen molar-refractivity contribution in [3.8, 4) is 11.1 Å². The number of halogens is 2. The molecule has 0 radical (unpaired) electrons. The first-order valence-corrected chi connectivity index (χ1v) is 15.1. The molecule has 3 rings (SSSR count). The fourth-order valence-electron chi connectivity index (χ4n) is 5.87. The van der Waals surface area contributed by atoms with Crippen LogP contribution in [0.3, 0.4) is 0 Å². The number of carboxylic acid groups (broad SMARTS) is 1. The van der Waals surface area contributed by atoms with E-state index < -0.39 is 30.2 Å². The molecule has 8 heteroatoms. The predicted molar refractivity (Wildman–Crippen MR) is 172 cm³/mol. The third kappa shape index (κ3) is 8.64. The molecule has 0 fully saturated rings. The van der Waals surface area contributed by atoms with Crippen molar-refractivity contribution in [1.29, 1.82) is 0 Å². The van der Waals surface area contributed by atoms with E-state index >= 15 is 4.39 Å². The number of aromatic nitrogens is 1. The summed E-state index contributed by atoms with van der Waals surface area (Å²) < 4.78 is 17.3. The van der Waals surface area contributed by atoms with Crippen LogP contribution in [0.25, 0.3) is 11.1 Å². The van der Waals surface area contributed by atoms with E-state index in [1.165, 1.54) is 4.57 Å². The van der Waals surface area contributed by atoms with Gasteiger partial charge in [0.15, 0.2) is 5.78 Å². The Morgan fingerprint density at radius 2 is 1.58 bits per heavy atom. The number of benzene rings is 2. The fraction of sp³-hybridized carbons (Fsp3) is 0.457. The number of nitrogens with zero attached hydrogens (tertiary/aromatic N) is 2. The van der Waals surface area contributed by atoms with Crippen molar-refractivity contribution in [2.75, 3.05) is 20.6 Å². The number of carbonyl (C=O) groups excluding carboxylic acids is 1. The van der Waals surface area contributed by atoms with E-state index in [0.29, 0.717) is 23.4 Å². The Balaban J connectivity index is 2.10. The van der Waals surface area contributed by atoms with Crippen LogP contribution in [-0.4, -0.2) is 47.0 Å². The Hall–Kier alpha value is -3.29. The summed E-state index contributed by atoms with van der Waals surface area (Å²) in [5.41, 5.74) is 5.56. The van der Waals surface area contributed by atoms with Gasteiger partial charge < -0.3 is 14.6 Å². The van der Waals surface area contributed by atoms with Gasteiger partial charge in [-0.3, -0.25) is 14.4 Å². The molecule has 1 unspecified atom stereocenters. The van der Waals surface area contributed by atoms with Crippen LogP contribution in [0.5, 0.6) is 0 Å². The molecule has 6 nitrogen and oxygen atoms in total. The minimum Gasteiger partial charge on any atom is -0.481 e. The van der Waals surface area contributed by atoms with Gasteiger partial charge in [0.25, 0.3) is 5.56 Å². The van der Waals surface area contributed by atoms with E-state index in [2.05, 4.69) is 4.90 Å². The molecular formula is C35H44ClFN2O4. The molecule has 0 aliphatic carbocycles. The quantitative estimate of drug-likeness (QED) is 0.217. The maximum Gasteiger partial charge on any atom is 0.303 e. The zero-order chi connectivity index (χ0) is 32.2. The van der Waals surface area contributed by atoms with Crippen LogP contribution in [0.15, 0.2) is 41.3 Å². The van der Waals surface area contributed by atoms with Gasteiger partial charge in [-0.2, -0.15) is 0 Å². The summed E-state index contributed by atoms with van der Waals surface area (Å²) in [6.45, 7) is 12.1. The number of aliphatic carboxylic acids is 1. The number of hydrogen-bond acceptors (Lipinski definition) is 4. The van der Waals surface area contributed by atoms with Crippen molar-refractivity contribution in [3.63, 3.8) is 0 Å². The number of carbonyl (C=O) groups is 2. The van der Waals surface area contributed by atoms with E-state index in [1.54, 1.807) is 31.3 Å². The molecule has 0 bridgehead atoms. The number of aryl methyl sites for hydroxylation is 4. The highest BCUT2D eigenvalue weighted by Crippen LogP contribution is 2.37. The van der Waals surface area contributed by atoms with Crippen molar-refractivity contribution in [2.45, 2.75) is 79.2 Å². The highest BCUT2D eigenvalue weighted by atomic mass is 35.5. The minimum absolute atomic E-state index is 0.0865. The molecule has 2 atom stereocenters. The third-order valence-electron chi connectivity index (χ3n) is 8.00. The number of pyridine rings is 1. The number of hydrogen-bond donors (Lipinski definition) is 1. The summed E-state index contributed by atoms with van der Waals surface area (Å²) in [5.74, 6) is -2.77. The molecule has 2 aromatic carbocycles. The molecule has 0 saturated carbocycles. The summed E-state index contributed by atoms with van der Waals surface area (Å²) >= 11 is 6.25. The van der Waals surface area contributed by atoms with Crippen LogP contribution in [-0.2, 0) is 16.0 Å². The number of rotatable bonds is 13. The summed E-state index contributed by atoms with van der Waals surface area (Å²) in [5, 5.41) is 10.4. The second-order valence-electron chi connectivity index (χ2n) is 12.5. The van der Waals surface area contributed by atoms with E-state index in [0.717, 1.165) is 39.9 Å². The highest BCUT2D eigenvalue weighted by molar-refractivity contribution is 6.30. The molecule has 0 saturated heterocycles. The molecule has 1 N–H and O–H groups in total. The molecule has 1 heterocycles. The molecule has 1 aromatic heterocycles. The second kappa shape index (κ2) is 14.5. The third-order valence-corrected chi connectivity index (χ3v) is 8.22. The van der Waals surface area contributed by atoms with E-state index in [9.17, 15) is 19.5 Å². The van der Waals surface area contributed by atoms with Gasteiger partial charge in [-0.05, 0) is 129 Å². The lowest BCUT2D eigenvalue weighted by Crippen LogP contribution is -2.32. The molecule has 43 heavy (non-hydrogen) atoms. The monoisotopic (exact) mass is 610 g/mol. The Morgan fingerprint density at radius 3 is 2.14 bits per heavy atom. The van der Waals surface area contributed by atoms with Gasteiger partial charge >= 0.3 is 5.97 Å².